The summed E-state index contributed by atoms with van der Waals surface area (Å²) in [7, 11) is 1.54. The Bertz CT molecular complexity index is 600. The maximum Gasteiger partial charge on any atom is 0.277 e. The number of benzene rings is 1. The molecule has 0 atom stereocenters. The van der Waals surface area contributed by atoms with Crippen LogP contribution in [0, 0.1) is 0 Å². The van der Waals surface area contributed by atoms with E-state index >= 15 is 0 Å². The van der Waals surface area contributed by atoms with Crippen LogP contribution in [0.5, 0.6) is 0 Å². The zero-order valence-corrected chi connectivity index (χ0v) is 12.3. The van der Waals surface area contributed by atoms with Crippen LogP contribution in [0.1, 0.15) is 16.2 Å². The van der Waals surface area contributed by atoms with Gasteiger partial charge in [-0.15, -0.1) is 0 Å². The van der Waals surface area contributed by atoms with E-state index in [4.69, 9.17) is 20.9 Å². The first-order chi connectivity index (χ1) is 9.10. The van der Waals surface area contributed by atoms with Crippen LogP contribution in [0.3, 0.4) is 0 Å². The summed E-state index contributed by atoms with van der Waals surface area (Å²) < 4.78 is 10.5. The van der Waals surface area contributed by atoms with Gasteiger partial charge in [0.25, 0.3) is 5.91 Å². The minimum Gasteiger partial charge on any atom is -0.377 e. The van der Waals surface area contributed by atoms with Crippen LogP contribution in [0.2, 0.25) is 5.02 Å². The largest absolute Gasteiger partial charge is 0.377 e. The molecule has 0 saturated carbocycles. The first kappa shape index (κ1) is 14.0. The monoisotopic (exact) mass is 344 g/mol. The molecule has 7 heteroatoms. The number of hydrogen-bond donors (Lipinski definition) is 1. The van der Waals surface area contributed by atoms with E-state index in [1.807, 2.05) is 0 Å². The number of ether oxygens (including phenoxy) is 1. The SMILES string of the molecule is COCc1cc(C(=O)Nc2ccc(Cl)c(Br)c2)no1. The molecule has 0 aliphatic heterocycles. The fourth-order valence-electron chi connectivity index (χ4n) is 1.40. The lowest BCUT2D eigenvalue weighted by atomic mass is 10.3. The number of halogens is 2. The van der Waals surface area contributed by atoms with Crippen LogP contribution in [0.25, 0.3) is 0 Å². The Morgan fingerprint density at radius 3 is 3.00 bits per heavy atom. The third kappa shape index (κ3) is 3.56. The molecule has 1 N–H and O–H groups in total. The minimum absolute atomic E-state index is 0.193. The van der Waals surface area contributed by atoms with E-state index in [9.17, 15) is 4.79 Å². The second kappa shape index (κ2) is 6.18. The summed E-state index contributed by atoms with van der Waals surface area (Å²) >= 11 is 9.15. The third-order valence-corrected chi connectivity index (χ3v) is 3.47. The van der Waals surface area contributed by atoms with E-state index in [0.717, 1.165) is 0 Å². The lowest BCUT2D eigenvalue weighted by Gasteiger charge is -2.04. The van der Waals surface area contributed by atoms with Gasteiger partial charge in [0.1, 0.15) is 6.61 Å². The average molecular weight is 346 g/mol. The number of carbonyl (C=O) groups is 1. The Balaban J connectivity index is 2.09. The zero-order valence-electron chi connectivity index (χ0n) is 9.94. The molecule has 0 saturated heterocycles. The number of carbonyl (C=O) groups excluding carboxylic acids is 1. The average Bonchev–Trinajstić information content (AvgIpc) is 2.83. The minimum atomic E-state index is -0.361. The highest BCUT2D eigenvalue weighted by atomic mass is 79.9. The van der Waals surface area contributed by atoms with Crippen LogP contribution >= 0.6 is 27.5 Å². The quantitative estimate of drug-likeness (QED) is 0.921. The highest BCUT2D eigenvalue weighted by molar-refractivity contribution is 9.10. The molecule has 0 aliphatic rings. The molecule has 2 rings (SSSR count). The van der Waals surface area contributed by atoms with E-state index < -0.39 is 0 Å². The predicted molar refractivity (Wildman–Crippen MR) is 74.3 cm³/mol. The highest BCUT2D eigenvalue weighted by Crippen LogP contribution is 2.25. The Hall–Kier alpha value is -1.37. The molecule has 0 unspecified atom stereocenters. The summed E-state index contributed by atoms with van der Waals surface area (Å²) in [6.07, 6.45) is 0. The molecule has 0 aliphatic carbocycles. The smallest absolute Gasteiger partial charge is 0.277 e. The van der Waals surface area contributed by atoms with Gasteiger partial charge in [0, 0.05) is 23.3 Å². The van der Waals surface area contributed by atoms with E-state index in [-0.39, 0.29) is 18.2 Å². The maximum atomic E-state index is 11.9. The van der Waals surface area contributed by atoms with Gasteiger partial charge in [0.2, 0.25) is 0 Å². The van der Waals surface area contributed by atoms with Gasteiger partial charge in [-0.05, 0) is 34.1 Å². The fraction of sp³-hybridized carbons (Fsp3) is 0.167. The molecular weight excluding hydrogens is 336 g/mol. The van der Waals surface area contributed by atoms with E-state index in [1.165, 1.54) is 13.2 Å². The molecule has 0 bridgehead atoms. The number of nitrogens with zero attached hydrogens (tertiary/aromatic N) is 1. The van der Waals surface area contributed by atoms with Crippen molar-refractivity contribution in [3.05, 3.63) is 45.2 Å². The van der Waals surface area contributed by atoms with E-state index in [0.29, 0.717) is 20.9 Å². The molecule has 1 aromatic heterocycles. The van der Waals surface area contributed by atoms with Gasteiger partial charge in [-0.3, -0.25) is 4.79 Å². The summed E-state index contributed by atoms with van der Waals surface area (Å²) in [6, 6.07) is 6.61. The first-order valence-electron chi connectivity index (χ1n) is 5.31. The Morgan fingerprint density at radius 1 is 1.53 bits per heavy atom. The first-order valence-corrected chi connectivity index (χ1v) is 6.48. The van der Waals surface area contributed by atoms with Crippen molar-refractivity contribution in [1.82, 2.24) is 5.16 Å². The summed E-state index contributed by atoms with van der Waals surface area (Å²) in [5.74, 6) is 0.130. The van der Waals surface area contributed by atoms with Gasteiger partial charge in [0.15, 0.2) is 11.5 Å². The number of rotatable bonds is 4. The molecule has 19 heavy (non-hydrogen) atoms. The lowest BCUT2D eigenvalue weighted by Crippen LogP contribution is -2.12. The number of methoxy groups -OCH3 is 1. The van der Waals surface area contributed by atoms with Crippen LogP contribution in [0.4, 0.5) is 5.69 Å². The van der Waals surface area contributed by atoms with Gasteiger partial charge in [-0.2, -0.15) is 0 Å². The zero-order chi connectivity index (χ0) is 13.8. The van der Waals surface area contributed by atoms with Crippen molar-refractivity contribution in [3.8, 4) is 0 Å². The standard InChI is InChI=1S/C12H10BrClN2O3/c1-18-6-8-5-11(16-19-8)12(17)15-7-2-3-10(14)9(13)4-7/h2-5H,6H2,1H3,(H,15,17). The van der Waals surface area contributed by atoms with Crippen LogP contribution in [-0.4, -0.2) is 18.2 Å². The molecule has 0 radical (unpaired) electrons. The second-order valence-electron chi connectivity index (χ2n) is 3.69. The summed E-state index contributed by atoms with van der Waals surface area (Å²) in [5, 5.41) is 6.93. The van der Waals surface area contributed by atoms with Gasteiger partial charge in [-0.1, -0.05) is 16.8 Å². The summed E-state index contributed by atoms with van der Waals surface area (Å²) in [4.78, 5) is 11.9. The van der Waals surface area contributed by atoms with Gasteiger partial charge < -0.3 is 14.6 Å². The van der Waals surface area contributed by atoms with Crippen molar-refractivity contribution in [3.63, 3.8) is 0 Å². The molecule has 1 amide bonds. The number of anilines is 1. The van der Waals surface area contributed by atoms with Crippen molar-refractivity contribution >= 4 is 39.1 Å². The predicted octanol–water partition coefficient (Wildman–Crippen LogP) is 3.49. The number of amides is 1. The molecular formula is C12H10BrClN2O3. The molecule has 1 heterocycles. The Morgan fingerprint density at radius 2 is 2.32 bits per heavy atom. The molecule has 1 aromatic carbocycles. The molecule has 100 valence electrons. The van der Waals surface area contributed by atoms with Crippen LogP contribution in [0.15, 0.2) is 33.3 Å². The van der Waals surface area contributed by atoms with Crippen molar-refractivity contribution < 1.29 is 14.1 Å². The number of nitrogens with one attached hydrogen (secondary N) is 1. The lowest BCUT2D eigenvalue weighted by molar-refractivity contribution is 0.101. The summed E-state index contributed by atoms with van der Waals surface area (Å²) in [5.41, 5.74) is 0.802. The molecule has 0 fully saturated rings. The molecule has 5 nitrogen and oxygen atoms in total. The molecule has 0 spiro atoms. The second-order valence-corrected chi connectivity index (χ2v) is 4.96. The van der Waals surface area contributed by atoms with Gasteiger partial charge >= 0.3 is 0 Å². The Kier molecular flexibility index (Phi) is 4.57. The van der Waals surface area contributed by atoms with Crippen molar-refractivity contribution in [1.29, 1.82) is 0 Å². The third-order valence-electron chi connectivity index (χ3n) is 2.26. The van der Waals surface area contributed by atoms with E-state index in [2.05, 4.69) is 26.4 Å². The van der Waals surface area contributed by atoms with Crippen LogP contribution < -0.4 is 5.32 Å². The van der Waals surface area contributed by atoms with Crippen molar-refractivity contribution in [2.75, 3.05) is 12.4 Å². The Labute approximate surface area is 123 Å². The summed E-state index contributed by atoms with van der Waals surface area (Å²) in [6.45, 7) is 0.271. The highest BCUT2D eigenvalue weighted by Gasteiger charge is 2.13. The normalized spacial score (nSPS) is 10.5. The maximum absolute atomic E-state index is 11.9. The fourth-order valence-corrected chi connectivity index (χ4v) is 1.90. The van der Waals surface area contributed by atoms with Crippen molar-refractivity contribution in [2.24, 2.45) is 0 Å². The van der Waals surface area contributed by atoms with Gasteiger partial charge in [-0.25, -0.2) is 0 Å². The van der Waals surface area contributed by atoms with Gasteiger partial charge in [0.05, 0.1) is 5.02 Å². The van der Waals surface area contributed by atoms with Crippen molar-refractivity contribution in [2.45, 2.75) is 6.61 Å². The van der Waals surface area contributed by atoms with E-state index in [1.54, 1.807) is 18.2 Å². The number of hydrogen-bond acceptors (Lipinski definition) is 4. The molecule has 2 aromatic rings. The topological polar surface area (TPSA) is 64.4 Å². The van der Waals surface area contributed by atoms with Crippen LogP contribution in [-0.2, 0) is 11.3 Å². The number of aromatic nitrogens is 1.